The van der Waals surface area contributed by atoms with E-state index in [0.29, 0.717) is 12.5 Å². The number of rotatable bonds is 9. The molecule has 1 aromatic rings. The van der Waals surface area contributed by atoms with Gasteiger partial charge in [0, 0.05) is 13.2 Å². The number of hydrogen-bond donors (Lipinski definition) is 3. The van der Waals surface area contributed by atoms with Gasteiger partial charge in [-0.05, 0) is 56.0 Å². The monoisotopic (exact) mass is 281 g/mol. The van der Waals surface area contributed by atoms with Gasteiger partial charge < -0.3 is 20.3 Å². The van der Waals surface area contributed by atoms with Crippen LogP contribution in [0.4, 0.5) is 0 Å². The topological polar surface area (TPSA) is 61.7 Å². The van der Waals surface area contributed by atoms with Crippen LogP contribution in [0.2, 0.25) is 0 Å². The van der Waals surface area contributed by atoms with Gasteiger partial charge >= 0.3 is 0 Å². The third kappa shape index (κ3) is 6.89. The predicted molar refractivity (Wildman–Crippen MR) is 81.2 cm³/mol. The zero-order chi connectivity index (χ0) is 15.0. The van der Waals surface area contributed by atoms with Crippen LogP contribution >= 0.6 is 0 Å². The molecule has 20 heavy (non-hydrogen) atoms. The maximum atomic E-state index is 9.86. The van der Waals surface area contributed by atoms with E-state index >= 15 is 0 Å². The molecule has 0 amide bonds. The van der Waals surface area contributed by atoms with E-state index in [9.17, 15) is 5.11 Å². The molecule has 0 fully saturated rings. The average Bonchev–Trinajstić information content (AvgIpc) is 2.35. The van der Waals surface area contributed by atoms with Crippen LogP contribution < -0.4 is 10.1 Å². The molecule has 0 spiro atoms. The van der Waals surface area contributed by atoms with Crippen LogP contribution in [-0.4, -0.2) is 42.6 Å². The third-order valence-corrected chi connectivity index (χ3v) is 3.13. The van der Waals surface area contributed by atoms with Gasteiger partial charge in [-0.25, -0.2) is 0 Å². The molecule has 1 aromatic carbocycles. The summed E-state index contributed by atoms with van der Waals surface area (Å²) in [5.74, 6) is 1.21. The fourth-order valence-corrected chi connectivity index (χ4v) is 2.09. The van der Waals surface area contributed by atoms with Crippen LogP contribution in [-0.2, 0) is 0 Å². The van der Waals surface area contributed by atoms with Crippen molar-refractivity contribution in [1.82, 2.24) is 5.32 Å². The Labute approximate surface area is 121 Å². The lowest BCUT2D eigenvalue weighted by Crippen LogP contribution is -2.34. The maximum absolute atomic E-state index is 9.86. The predicted octanol–water partition coefficient (Wildman–Crippen LogP) is 1.65. The van der Waals surface area contributed by atoms with Gasteiger partial charge in [0.15, 0.2) is 0 Å². The van der Waals surface area contributed by atoms with Gasteiger partial charge in [-0.1, -0.05) is 13.0 Å². The van der Waals surface area contributed by atoms with Crippen molar-refractivity contribution in [2.45, 2.75) is 33.3 Å². The highest BCUT2D eigenvalue weighted by atomic mass is 16.5. The normalized spacial score (nSPS) is 14.1. The van der Waals surface area contributed by atoms with Crippen LogP contribution in [0, 0.1) is 19.8 Å². The van der Waals surface area contributed by atoms with Crippen molar-refractivity contribution in [3.8, 4) is 5.75 Å². The Hall–Kier alpha value is -1.10. The van der Waals surface area contributed by atoms with E-state index in [1.54, 1.807) is 0 Å². The van der Waals surface area contributed by atoms with Crippen molar-refractivity contribution >= 4 is 0 Å². The summed E-state index contributed by atoms with van der Waals surface area (Å²) in [4.78, 5) is 0. The summed E-state index contributed by atoms with van der Waals surface area (Å²) in [6, 6.07) is 6.03. The Morgan fingerprint density at radius 3 is 2.40 bits per heavy atom. The molecule has 0 aliphatic heterocycles. The first kappa shape index (κ1) is 17.0. The first-order chi connectivity index (χ1) is 9.51. The molecule has 2 unspecified atom stereocenters. The van der Waals surface area contributed by atoms with E-state index in [-0.39, 0.29) is 13.2 Å². The summed E-state index contributed by atoms with van der Waals surface area (Å²) >= 11 is 0. The lowest BCUT2D eigenvalue weighted by atomic mass is 10.1. The number of ether oxygens (including phenoxy) is 1. The fourth-order valence-electron chi connectivity index (χ4n) is 2.09. The maximum Gasteiger partial charge on any atom is 0.119 e. The molecule has 1 rings (SSSR count). The van der Waals surface area contributed by atoms with E-state index in [2.05, 4.69) is 18.3 Å². The number of benzene rings is 1. The standard InChI is InChI=1S/C16H27NO3/c1-12(4-5-18)9-17-10-15(19)11-20-16-7-13(2)6-14(3)8-16/h6-8,12,15,17-19H,4-5,9-11H2,1-3H3. The van der Waals surface area contributed by atoms with Crippen molar-refractivity contribution in [2.75, 3.05) is 26.3 Å². The van der Waals surface area contributed by atoms with Crippen LogP contribution in [0.3, 0.4) is 0 Å². The molecular formula is C16H27NO3. The number of aliphatic hydroxyl groups excluding tert-OH is 2. The Morgan fingerprint density at radius 2 is 1.80 bits per heavy atom. The highest BCUT2D eigenvalue weighted by Crippen LogP contribution is 2.16. The van der Waals surface area contributed by atoms with E-state index in [0.717, 1.165) is 29.8 Å². The number of aliphatic hydroxyl groups is 2. The van der Waals surface area contributed by atoms with Gasteiger partial charge in [-0.2, -0.15) is 0 Å². The zero-order valence-corrected chi connectivity index (χ0v) is 12.7. The van der Waals surface area contributed by atoms with Crippen molar-refractivity contribution < 1.29 is 14.9 Å². The molecule has 3 N–H and O–H groups in total. The van der Waals surface area contributed by atoms with Crippen molar-refractivity contribution in [1.29, 1.82) is 0 Å². The SMILES string of the molecule is Cc1cc(C)cc(OCC(O)CNCC(C)CCO)c1. The molecular weight excluding hydrogens is 254 g/mol. The molecule has 0 saturated carbocycles. The van der Waals surface area contributed by atoms with Gasteiger partial charge in [0.2, 0.25) is 0 Å². The largest absolute Gasteiger partial charge is 0.491 e. The number of aryl methyl sites for hydroxylation is 2. The quantitative estimate of drug-likeness (QED) is 0.644. The lowest BCUT2D eigenvalue weighted by Gasteiger charge is -2.16. The first-order valence-corrected chi connectivity index (χ1v) is 7.22. The minimum Gasteiger partial charge on any atom is -0.491 e. The molecule has 4 nitrogen and oxygen atoms in total. The van der Waals surface area contributed by atoms with Gasteiger partial charge in [0.25, 0.3) is 0 Å². The smallest absolute Gasteiger partial charge is 0.119 e. The Balaban J connectivity index is 2.24. The van der Waals surface area contributed by atoms with Gasteiger partial charge in [-0.15, -0.1) is 0 Å². The van der Waals surface area contributed by atoms with Crippen molar-refractivity contribution in [2.24, 2.45) is 5.92 Å². The summed E-state index contributed by atoms with van der Waals surface area (Å²) < 4.78 is 5.60. The van der Waals surface area contributed by atoms with E-state index in [1.165, 1.54) is 0 Å². The minimum atomic E-state index is -0.530. The Bertz CT molecular complexity index is 375. The molecule has 0 bridgehead atoms. The van der Waals surface area contributed by atoms with Crippen LogP contribution in [0.1, 0.15) is 24.5 Å². The second-order valence-corrected chi connectivity index (χ2v) is 5.56. The molecule has 0 saturated heterocycles. The highest BCUT2D eigenvalue weighted by Gasteiger charge is 2.07. The lowest BCUT2D eigenvalue weighted by molar-refractivity contribution is 0.105. The Morgan fingerprint density at radius 1 is 1.15 bits per heavy atom. The molecule has 0 aromatic heterocycles. The van der Waals surface area contributed by atoms with Crippen LogP contribution in [0.25, 0.3) is 0 Å². The summed E-state index contributed by atoms with van der Waals surface area (Å²) in [5, 5.41) is 21.8. The third-order valence-electron chi connectivity index (χ3n) is 3.13. The van der Waals surface area contributed by atoms with E-state index in [4.69, 9.17) is 9.84 Å². The molecule has 4 heteroatoms. The molecule has 2 atom stereocenters. The molecule has 0 radical (unpaired) electrons. The summed E-state index contributed by atoms with van der Waals surface area (Å²) in [6.45, 7) is 7.91. The van der Waals surface area contributed by atoms with Crippen LogP contribution in [0.15, 0.2) is 18.2 Å². The summed E-state index contributed by atoms with van der Waals surface area (Å²) in [7, 11) is 0. The van der Waals surface area contributed by atoms with E-state index < -0.39 is 6.10 Å². The van der Waals surface area contributed by atoms with Crippen molar-refractivity contribution in [3.05, 3.63) is 29.3 Å². The van der Waals surface area contributed by atoms with Gasteiger partial charge in [0.05, 0.1) is 0 Å². The van der Waals surface area contributed by atoms with Gasteiger partial charge in [-0.3, -0.25) is 0 Å². The molecule has 0 heterocycles. The number of hydrogen-bond acceptors (Lipinski definition) is 4. The first-order valence-electron chi connectivity index (χ1n) is 7.22. The Kier molecular flexibility index (Phi) is 7.59. The van der Waals surface area contributed by atoms with Gasteiger partial charge in [0.1, 0.15) is 18.5 Å². The second-order valence-electron chi connectivity index (χ2n) is 5.56. The molecule has 114 valence electrons. The van der Waals surface area contributed by atoms with Crippen LogP contribution in [0.5, 0.6) is 5.75 Å². The zero-order valence-electron chi connectivity index (χ0n) is 12.7. The van der Waals surface area contributed by atoms with Crippen molar-refractivity contribution in [3.63, 3.8) is 0 Å². The summed E-state index contributed by atoms with van der Waals surface area (Å²) in [6.07, 6.45) is 0.250. The van der Waals surface area contributed by atoms with E-state index in [1.807, 2.05) is 26.0 Å². The summed E-state index contributed by atoms with van der Waals surface area (Å²) in [5.41, 5.74) is 2.32. The highest BCUT2D eigenvalue weighted by molar-refractivity contribution is 5.32. The number of nitrogens with one attached hydrogen (secondary N) is 1. The fraction of sp³-hybridized carbons (Fsp3) is 0.625. The minimum absolute atomic E-state index is 0.210. The molecule has 0 aliphatic carbocycles. The molecule has 0 aliphatic rings. The average molecular weight is 281 g/mol. The second kappa shape index (κ2) is 8.95.